The van der Waals surface area contributed by atoms with Crippen LogP contribution in [0.2, 0.25) is 5.02 Å². The second kappa shape index (κ2) is 7.61. The van der Waals surface area contributed by atoms with Gasteiger partial charge in [-0.05, 0) is 37.5 Å². The van der Waals surface area contributed by atoms with Gasteiger partial charge in [-0.15, -0.1) is 0 Å². The molecular formula is C15H18ClIO3. The van der Waals surface area contributed by atoms with Crippen LogP contribution in [0.1, 0.15) is 37.9 Å². The quantitative estimate of drug-likeness (QED) is 0.423. The summed E-state index contributed by atoms with van der Waals surface area (Å²) in [5.74, 6) is -0.183. The van der Waals surface area contributed by atoms with Crippen molar-refractivity contribution in [2.24, 2.45) is 0 Å². The van der Waals surface area contributed by atoms with E-state index in [0.29, 0.717) is 17.0 Å². The first-order valence-corrected chi connectivity index (χ1v) is 8.41. The second-order valence-electron chi connectivity index (χ2n) is 4.88. The molecule has 0 aliphatic carbocycles. The van der Waals surface area contributed by atoms with Gasteiger partial charge in [-0.25, -0.2) is 0 Å². The predicted molar refractivity (Wildman–Crippen MR) is 87.4 cm³/mol. The standard InChI is InChI=1S/C15H18ClIO3/c1-2-19-15(18)9-13-7-12(17)8-14(20-13)10-3-5-11(16)6-4-10/h3-6,12-14H,2,7-9H2,1H3/t12?,13-,14+/m1/s1. The Bertz CT molecular complexity index is 449. The van der Waals surface area contributed by atoms with Gasteiger partial charge in [0.25, 0.3) is 0 Å². The molecule has 3 nitrogen and oxygen atoms in total. The fraction of sp³-hybridized carbons (Fsp3) is 0.533. The van der Waals surface area contributed by atoms with E-state index in [1.165, 1.54) is 0 Å². The van der Waals surface area contributed by atoms with Crippen molar-refractivity contribution in [2.75, 3.05) is 6.61 Å². The lowest BCUT2D eigenvalue weighted by Gasteiger charge is -2.33. The minimum absolute atomic E-state index is 0.0299. The van der Waals surface area contributed by atoms with Crippen LogP contribution in [-0.4, -0.2) is 22.6 Å². The maximum Gasteiger partial charge on any atom is 0.308 e. The first-order chi connectivity index (χ1) is 9.58. The molecule has 0 N–H and O–H groups in total. The zero-order chi connectivity index (χ0) is 14.5. The number of hydrogen-bond donors (Lipinski definition) is 0. The van der Waals surface area contributed by atoms with Crippen LogP contribution in [0.5, 0.6) is 0 Å². The number of ether oxygens (including phenoxy) is 2. The molecule has 0 bridgehead atoms. The molecule has 2 rings (SSSR count). The number of esters is 1. The van der Waals surface area contributed by atoms with Crippen LogP contribution in [-0.2, 0) is 14.3 Å². The van der Waals surface area contributed by atoms with Gasteiger partial charge in [0.05, 0.1) is 25.2 Å². The van der Waals surface area contributed by atoms with Crippen molar-refractivity contribution >= 4 is 40.2 Å². The van der Waals surface area contributed by atoms with Crippen molar-refractivity contribution < 1.29 is 14.3 Å². The lowest BCUT2D eigenvalue weighted by molar-refractivity contribution is -0.149. The zero-order valence-electron chi connectivity index (χ0n) is 11.4. The van der Waals surface area contributed by atoms with Gasteiger partial charge in [-0.3, -0.25) is 4.79 Å². The normalized spacial score (nSPS) is 26.2. The summed E-state index contributed by atoms with van der Waals surface area (Å²) < 4.78 is 11.6. The molecule has 5 heteroatoms. The Balaban J connectivity index is 2.00. The topological polar surface area (TPSA) is 35.5 Å². The lowest BCUT2D eigenvalue weighted by atomic mass is 9.97. The summed E-state index contributed by atoms with van der Waals surface area (Å²) in [7, 11) is 0. The molecule has 0 radical (unpaired) electrons. The summed E-state index contributed by atoms with van der Waals surface area (Å²) >= 11 is 8.34. The lowest BCUT2D eigenvalue weighted by Crippen LogP contribution is -2.30. The predicted octanol–water partition coefficient (Wildman–Crippen LogP) is 4.32. The maximum absolute atomic E-state index is 11.6. The molecule has 0 amide bonds. The molecule has 110 valence electrons. The highest BCUT2D eigenvalue weighted by atomic mass is 127. The Morgan fingerprint density at radius 3 is 2.75 bits per heavy atom. The summed E-state index contributed by atoms with van der Waals surface area (Å²) in [5, 5.41) is 0.721. The van der Waals surface area contributed by atoms with Gasteiger partial charge in [0, 0.05) is 8.95 Å². The van der Waals surface area contributed by atoms with Crippen molar-refractivity contribution in [2.45, 2.75) is 42.3 Å². The summed E-state index contributed by atoms with van der Waals surface area (Å²) in [6.07, 6.45) is 2.15. The highest BCUT2D eigenvalue weighted by Gasteiger charge is 2.30. The molecule has 1 saturated heterocycles. The van der Waals surface area contributed by atoms with Crippen molar-refractivity contribution in [1.29, 1.82) is 0 Å². The largest absolute Gasteiger partial charge is 0.466 e. The first-order valence-electron chi connectivity index (χ1n) is 6.79. The summed E-state index contributed by atoms with van der Waals surface area (Å²) in [4.78, 5) is 11.6. The Morgan fingerprint density at radius 1 is 1.40 bits per heavy atom. The van der Waals surface area contributed by atoms with Crippen molar-refractivity contribution in [3.05, 3.63) is 34.9 Å². The minimum Gasteiger partial charge on any atom is -0.466 e. The molecule has 0 aromatic heterocycles. The highest BCUT2D eigenvalue weighted by molar-refractivity contribution is 14.1. The average molecular weight is 409 g/mol. The molecule has 3 atom stereocenters. The van der Waals surface area contributed by atoms with E-state index in [-0.39, 0.29) is 18.2 Å². The van der Waals surface area contributed by atoms with Crippen LogP contribution in [0.15, 0.2) is 24.3 Å². The maximum atomic E-state index is 11.6. The van der Waals surface area contributed by atoms with E-state index in [0.717, 1.165) is 23.4 Å². The van der Waals surface area contributed by atoms with Crippen LogP contribution < -0.4 is 0 Å². The molecule has 20 heavy (non-hydrogen) atoms. The third-order valence-electron chi connectivity index (χ3n) is 3.29. The minimum atomic E-state index is -0.183. The summed E-state index contributed by atoms with van der Waals surface area (Å²) in [6.45, 7) is 2.23. The Labute approximate surface area is 138 Å². The van der Waals surface area contributed by atoms with E-state index >= 15 is 0 Å². The van der Waals surface area contributed by atoms with E-state index in [2.05, 4.69) is 22.6 Å². The van der Waals surface area contributed by atoms with Crippen LogP contribution in [0.25, 0.3) is 0 Å². The van der Waals surface area contributed by atoms with Gasteiger partial charge in [0.1, 0.15) is 0 Å². The van der Waals surface area contributed by atoms with Crippen LogP contribution >= 0.6 is 34.2 Å². The number of carbonyl (C=O) groups excluding carboxylic acids is 1. The van der Waals surface area contributed by atoms with E-state index in [4.69, 9.17) is 21.1 Å². The van der Waals surface area contributed by atoms with Crippen LogP contribution in [0.3, 0.4) is 0 Å². The van der Waals surface area contributed by atoms with Gasteiger partial charge in [-0.1, -0.05) is 46.3 Å². The molecule has 1 fully saturated rings. The molecule has 1 heterocycles. The number of rotatable bonds is 4. The van der Waals surface area contributed by atoms with Gasteiger partial charge in [-0.2, -0.15) is 0 Å². The van der Waals surface area contributed by atoms with Crippen molar-refractivity contribution in [3.63, 3.8) is 0 Å². The van der Waals surface area contributed by atoms with E-state index in [1.807, 2.05) is 31.2 Å². The molecule has 1 aromatic rings. The van der Waals surface area contributed by atoms with Gasteiger partial charge >= 0.3 is 5.97 Å². The highest BCUT2D eigenvalue weighted by Crippen LogP contribution is 2.36. The fourth-order valence-corrected chi connectivity index (χ4v) is 3.54. The monoisotopic (exact) mass is 408 g/mol. The molecule has 0 saturated carbocycles. The van der Waals surface area contributed by atoms with Crippen molar-refractivity contribution in [3.8, 4) is 0 Å². The molecule has 1 aromatic carbocycles. The third kappa shape index (κ3) is 4.60. The van der Waals surface area contributed by atoms with Gasteiger partial charge in [0.15, 0.2) is 0 Å². The second-order valence-corrected chi connectivity index (χ2v) is 7.07. The van der Waals surface area contributed by atoms with Gasteiger partial charge < -0.3 is 9.47 Å². The number of carbonyl (C=O) groups is 1. The Hall–Kier alpha value is -0.330. The fourth-order valence-electron chi connectivity index (χ4n) is 2.39. The number of benzene rings is 1. The molecular weight excluding hydrogens is 391 g/mol. The zero-order valence-corrected chi connectivity index (χ0v) is 14.3. The third-order valence-corrected chi connectivity index (χ3v) is 4.56. The summed E-state index contributed by atoms with van der Waals surface area (Å²) in [5.41, 5.74) is 1.12. The number of alkyl halides is 1. The molecule has 1 aliphatic rings. The number of halogens is 2. The Kier molecular flexibility index (Phi) is 6.11. The first kappa shape index (κ1) is 16.0. The summed E-state index contributed by atoms with van der Waals surface area (Å²) in [6, 6.07) is 7.72. The molecule has 1 aliphatic heterocycles. The Morgan fingerprint density at radius 2 is 2.10 bits per heavy atom. The average Bonchev–Trinajstić information content (AvgIpc) is 2.39. The molecule has 0 spiro atoms. The van der Waals surface area contributed by atoms with Gasteiger partial charge in [0.2, 0.25) is 0 Å². The van der Waals surface area contributed by atoms with Crippen LogP contribution in [0.4, 0.5) is 0 Å². The van der Waals surface area contributed by atoms with Crippen LogP contribution in [0, 0.1) is 0 Å². The number of hydrogen-bond acceptors (Lipinski definition) is 3. The molecule has 1 unspecified atom stereocenters. The van der Waals surface area contributed by atoms with E-state index in [1.54, 1.807) is 0 Å². The SMILES string of the molecule is CCOC(=O)C[C@H]1CC(I)C[C@@H](c2ccc(Cl)cc2)O1. The van der Waals surface area contributed by atoms with Crippen molar-refractivity contribution in [1.82, 2.24) is 0 Å². The van der Waals surface area contributed by atoms with E-state index < -0.39 is 0 Å². The van der Waals surface area contributed by atoms with E-state index in [9.17, 15) is 4.79 Å². The smallest absolute Gasteiger partial charge is 0.308 e.